The third-order valence-corrected chi connectivity index (χ3v) is 4.59. The highest BCUT2D eigenvalue weighted by atomic mass is 32.1. The molecule has 0 N–H and O–H groups in total. The van der Waals surface area contributed by atoms with Crippen LogP contribution in [0.1, 0.15) is 36.9 Å². The fraction of sp³-hybridized carbons (Fsp3) is 0.200. The van der Waals surface area contributed by atoms with Gasteiger partial charge in [0, 0.05) is 5.38 Å². The molecule has 3 nitrogen and oxygen atoms in total. The number of aromatic nitrogens is 1. The van der Waals surface area contributed by atoms with E-state index < -0.39 is 0 Å². The Hall–Kier alpha value is -2.64. The van der Waals surface area contributed by atoms with Gasteiger partial charge in [0.05, 0.1) is 11.8 Å². The largest absolute Gasteiger partial charge is 0.463 e. The van der Waals surface area contributed by atoms with Crippen LogP contribution in [0, 0.1) is 11.3 Å². The number of rotatable bonds is 3. The third-order valence-electron chi connectivity index (χ3n) is 3.72. The van der Waals surface area contributed by atoms with Crippen molar-refractivity contribution in [3.05, 3.63) is 64.2 Å². The fourth-order valence-electron chi connectivity index (χ4n) is 2.32. The molecule has 4 heteroatoms. The van der Waals surface area contributed by atoms with Crippen molar-refractivity contribution in [2.75, 3.05) is 0 Å². The van der Waals surface area contributed by atoms with E-state index in [4.69, 9.17) is 4.42 Å². The van der Waals surface area contributed by atoms with Crippen LogP contribution in [-0.2, 0) is 5.41 Å². The average molecular weight is 334 g/mol. The maximum absolute atomic E-state index is 9.49. The molecule has 3 aromatic rings. The number of thiazole rings is 1. The van der Waals surface area contributed by atoms with E-state index in [1.807, 2.05) is 35.7 Å². The molecule has 0 atom stereocenters. The molecule has 0 aliphatic heterocycles. The molecule has 2 heterocycles. The maximum Gasteiger partial charge on any atom is 0.153 e. The van der Waals surface area contributed by atoms with Crippen LogP contribution in [0.4, 0.5) is 0 Å². The Morgan fingerprint density at radius 1 is 1.21 bits per heavy atom. The van der Waals surface area contributed by atoms with Crippen LogP contribution in [0.3, 0.4) is 0 Å². The van der Waals surface area contributed by atoms with Gasteiger partial charge in [0.1, 0.15) is 16.8 Å². The average Bonchev–Trinajstić information content (AvgIpc) is 3.23. The van der Waals surface area contributed by atoms with Gasteiger partial charge in [-0.2, -0.15) is 5.26 Å². The van der Waals surface area contributed by atoms with Gasteiger partial charge >= 0.3 is 0 Å². The maximum atomic E-state index is 9.49. The van der Waals surface area contributed by atoms with Crippen LogP contribution in [0.5, 0.6) is 0 Å². The zero-order valence-corrected chi connectivity index (χ0v) is 14.7. The van der Waals surface area contributed by atoms with Gasteiger partial charge in [0.2, 0.25) is 0 Å². The molecule has 2 aromatic heterocycles. The van der Waals surface area contributed by atoms with Gasteiger partial charge in [-0.25, -0.2) is 4.98 Å². The van der Waals surface area contributed by atoms with Gasteiger partial charge < -0.3 is 4.42 Å². The fourth-order valence-corrected chi connectivity index (χ4v) is 3.10. The van der Waals surface area contributed by atoms with Gasteiger partial charge in [-0.05, 0) is 34.8 Å². The lowest BCUT2D eigenvalue weighted by Gasteiger charge is -2.18. The molecule has 0 saturated carbocycles. The van der Waals surface area contributed by atoms with Gasteiger partial charge in [-0.3, -0.25) is 0 Å². The van der Waals surface area contributed by atoms with Crippen LogP contribution < -0.4 is 0 Å². The number of nitrogens with zero attached hydrogens (tertiary/aromatic N) is 2. The van der Waals surface area contributed by atoms with E-state index in [0.29, 0.717) is 16.3 Å². The smallest absolute Gasteiger partial charge is 0.153 e. The van der Waals surface area contributed by atoms with E-state index in [0.717, 1.165) is 11.3 Å². The van der Waals surface area contributed by atoms with Crippen molar-refractivity contribution in [1.82, 2.24) is 4.98 Å². The summed E-state index contributed by atoms with van der Waals surface area (Å²) in [6, 6.07) is 14.2. The molecule has 120 valence electrons. The van der Waals surface area contributed by atoms with E-state index in [9.17, 15) is 5.26 Å². The Balaban J connectivity index is 1.89. The zero-order chi connectivity index (χ0) is 17.2. The minimum absolute atomic E-state index is 0.119. The van der Waals surface area contributed by atoms with E-state index >= 15 is 0 Å². The molecule has 0 aliphatic carbocycles. The number of benzene rings is 1. The molecule has 0 aliphatic rings. The van der Waals surface area contributed by atoms with Crippen molar-refractivity contribution >= 4 is 23.0 Å². The quantitative estimate of drug-likeness (QED) is 0.572. The van der Waals surface area contributed by atoms with Gasteiger partial charge in [0.25, 0.3) is 0 Å². The van der Waals surface area contributed by atoms with E-state index in [-0.39, 0.29) is 5.41 Å². The molecule has 1 aromatic carbocycles. The van der Waals surface area contributed by atoms with Crippen molar-refractivity contribution in [1.29, 1.82) is 5.26 Å². The predicted molar refractivity (Wildman–Crippen MR) is 98.4 cm³/mol. The van der Waals surface area contributed by atoms with Crippen LogP contribution in [0.2, 0.25) is 0 Å². The highest BCUT2D eigenvalue weighted by molar-refractivity contribution is 7.11. The second-order valence-electron chi connectivity index (χ2n) is 6.56. The minimum atomic E-state index is 0.119. The van der Waals surface area contributed by atoms with Gasteiger partial charge in [-0.15, -0.1) is 11.3 Å². The van der Waals surface area contributed by atoms with Gasteiger partial charge in [0.15, 0.2) is 5.76 Å². The minimum Gasteiger partial charge on any atom is -0.463 e. The summed E-state index contributed by atoms with van der Waals surface area (Å²) in [5.74, 6) is 0.712. The molecule has 0 spiro atoms. The standard InChI is InChI=1S/C20H18N2OS/c1-20(2,3)16-8-6-14(7-9-16)11-15(12-21)19-22-17(13-24-19)18-5-4-10-23-18/h4-11,13H,1-3H3. The summed E-state index contributed by atoms with van der Waals surface area (Å²) in [4.78, 5) is 4.51. The molecule has 3 rings (SSSR count). The van der Waals surface area contributed by atoms with Gasteiger partial charge in [-0.1, -0.05) is 45.0 Å². The molecular formula is C20H18N2OS. The summed E-state index contributed by atoms with van der Waals surface area (Å²) in [5.41, 5.74) is 3.69. The molecule has 0 radical (unpaired) electrons. The van der Waals surface area contributed by atoms with Crippen molar-refractivity contribution in [3.63, 3.8) is 0 Å². The summed E-state index contributed by atoms with van der Waals surface area (Å²) in [7, 11) is 0. The topological polar surface area (TPSA) is 49.8 Å². The number of hydrogen-bond acceptors (Lipinski definition) is 4. The number of furan rings is 1. The van der Waals surface area contributed by atoms with Crippen molar-refractivity contribution in [2.45, 2.75) is 26.2 Å². The lowest BCUT2D eigenvalue weighted by Crippen LogP contribution is -2.10. The molecule has 0 unspecified atom stereocenters. The molecule has 0 bridgehead atoms. The van der Waals surface area contributed by atoms with Crippen molar-refractivity contribution in [3.8, 4) is 17.5 Å². The first kappa shape index (κ1) is 16.2. The van der Waals surface area contributed by atoms with Crippen LogP contribution in [-0.4, -0.2) is 4.98 Å². The number of hydrogen-bond donors (Lipinski definition) is 0. The molecule has 0 amide bonds. The Bertz CT molecular complexity index is 889. The van der Waals surface area contributed by atoms with Crippen molar-refractivity contribution in [2.24, 2.45) is 0 Å². The Morgan fingerprint density at radius 2 is 1.96 bits per heavy atom. The summed E-state index contributed by atoms with van der Waals surface area (Å²) in [6.07, 6.45) is 3.49. The Morgan fingerprint density at radius 3 is 2.54 bits per heavy atom. The van der Waals surface area contributed by atoms with Crippen LogP contribution >= 0.6 is 11.3 Å². The lowest BCUT2D eigenvalue weighted by molar-refractivity contribution is 0.580. The molecular weight excluding hydrogens is 316 g/mol. The zero-order valence-electron chi connectivity index (χ0n) is 13.9. The van der Waals surface area contributed by atoms with Crippen LogP contribution in [0.25, 0.3) is 23.1 Å². The summed E-state index contributed by atoms with van der Waals surface area (Å²) < 4.78 is 5.35. The predicted octanol–water partition coefficient (Wildman–Crippen LogP) is 5.76. The second-order valence-corrected chi connectivity index (χ2v) is 7.42. The first-order valence-electron chi connectivity index (χ1n) is 7.69. The summed E-state index contributed by atoms with van der Waals surface area (Å²) in [6.45, 7) is 6.55. The normalized spacial score (nSPS) is 12.2. The van der Waals surface area contributed by atoms with Crippen LogP contribution in [0.15, 0.2) is 52.5 Å². The number of nitriles is 1. The third kappa shape index (κ3) is 3.47. The van der Waals surface area contributed by atoms with E-state index in [1.54, 1.807) is 6.26 Å². The summed E-state index contributed by atoms with van der Waals surface area (Å²) in [5, 5.41) is 12.1. The molecule has 0 saturated heterocycles. The highest BCUT2D eigenvalue weighted by Crippen LogP contribution is 2.28. The van der Waals surface area contributed by atoms with Crippen molar-refractivity contribution < 1.29 is 4.42 Å². The summed E-state index contributed by atoms with van der Waals surface area (Å²) >= 11 is 1.45. The second kappa shape index (κ2) is 6.46. The Kier molecular flexibility index (Phi) is 4.37. The molecule has 24 heavy (non-hydrogen) atoms. The highest BCUT2D eigenvalue weighted by Gasteiger charge is 2.13. The van der Waals surface area contributed by atoms with E-state index in [2.05, 4.69) is 44.0 Å². The first-order chi connectivity index (χ1) is 11.5. The lowest BCUT2D eigenvalue weighted by atomic mass is 9.86. The molecule has 0 fully saturated rings. The van der Waals surface area contributed by atoms with E-state index in [1.165, 1.54) is 16.9 Å². The SMILES string of the molecule is CC(C)(C)c1ccc(C=C(C#N)c2nc(-c3ccco3)cs2)cc1. The first-order valence-corrected chi connectivity index (χ1v) is 8.57. The Labute approximate surface area is 145 Å². The number of allylic oxidation sites excluding steroid dienone is 1. The monoisotopic (exact) mass is 334 g/mol.